The second-order valence-electron chi connectivity index (χ2n) is 9.26. The highest BCUT2D eigenvalue weighted by molar-refractivity contribution is 5.78. The van der Waals surface area contributed by atoms with Crippen LogP contribution in [0.15, 0.2) is 24.3 Å². The van der Waals surface area contributed by atoms with Gasteiger partial charge >= 0.3 is 5.97 Å². The Morgan fingerprint density at radius 3 is 2.19 bits per heavy atom. The second kappa shape index (κ2) is 9.61. The van der Waals surface area contributed by atoms with E-state index in [1.807, 2.05) is 38.1 Å². The first-order valence-electron chi connectivity index (χ1n) is 12.3. The number of hydrogen-bond donors (Lipinski definition) is 0. The minimum Gasteiger partial charge on any atom is -0.493 e. The molecule has 0 saturated carbocycles. The number of carbonyl (C=O) groups is 1. The first-order chi connectivity index (χ1) is 17.4. The van der Waals surface area contributed by atoms with Crippen molar-refractivity contribution in [2.45, 2.75) is 38.3 Å². The summed E-state index contributed by atoms with van der Waals surface area (Å²) in [5, 5.41) is 0. The molecule has 3 aliphatic rings. The summed E-state index contributed by atoms with van der Waals surface area (Å²) >= 11 is 0. The highest BCUT2D eigenvalue weighted by Gasteiger charge is 2.56. The topological polar surface area (TPSA) is 84.9 Å². The lowest BCUT2D eigenvalue weighted by Gasteiger charge is -2.49. The van der Waals surface area contributed by atoms with Crippen molar-refractivity contribution < 1.29 is 38.0 Å². The molecule has 2 aromatic rings. The number of carbonyl (C=O) groups excluding carboxylic acids is 1. The van der Waals surface area contributed by atoms with Gasteiger partial charge in [0.25, 0.3) is 0 Å². The molecular weight excluding hydrogens is 466 g/mol. The summed E-state index contributed by atoms with van der Waals surface area (Å²) in [6.45, 7) is 5.86. The first-order valence-corrected chi connectivity index (χ1v) is 12.3. The van der Waals surface area contributed by atoms with Crippen molar-refractivity contribution >= 4 is 5.97 Å². The van der Waals surface area contributed by atoms with E-state index in [-0.39, 0.29) is 19.4 Å². The molecule has 1 fully saturated rings. The van der Waals surface area contributed by atoms with Crippen molar-refractivity contribution in [2.24, 2.45) is 5.92 Å². The monoisotopic (exact) mass is 499 g/mol. The van der Waals surface area contributed by atoms with Gasteiger partial charge in [-0.2, -0.15) is 0 Å². The Balaban J connectivity index is 1.77. The lowest BCUT2D eigenvalue weighted by molar-refractivity contribution is -0.174. The minimum absolute atomic E-state index is 0.137. The average molecular weight is 500 g/mol. The quantitative estimate of drug-likeness (QED) is 0.526. The maximum Gasteiger partial charge on any atom is 0.315 e. The highest BCUT2D eigenvalue weighted by atomic mass is 16.7. The predicted octanol–water partition coefficient (Wildman–Crippen LogP) is 3.96. The van der Waals surface area contributed by atoms with Crippen LogP contribution < -0.4 is 28.4 Å². The Morgan fingerprint density at radius 2 is 1.61 bits per heavy atom. The van der Waals surface area contributed by atoms with E-state index < -0.39 is 17.6 Å². The molecule has 0 amide bonds. The summed E-state index contributed by atoms with van der Waals surface area (Å²) in [6, 6.07) is 7.55. The molecule has 3 atom stereocenters. The zero-order chi connectivity index (χ0) is 25.4. The van der Waals surface area contributed by atoms with E-state index in [2.05, 4.69) is 4.90 Å². The van der Waals surface area contributed by atoms with Crippen molar-refractivity contribution in [1.29, 1.82) is 0 Å². The van der Waals surface area contributed by atoms with Crippen LogP contribution >= 0.6 is 0 Å². The molecule has 0 spiro atoms. The van der Waals surface area contributed by atoms with Gasteiger partial charge in [-0.1, -0.05) is 0 Å². The summed E-state index contributed by atoms with van der Waals surface area (Å²) < 4.78 is 40.6. The predicted molar refractivity (Wildman–Crippen MR) is 130 cm³/mol. The van der Waals surface area contributed by atoms with Crippen LogP contribution in [0.4, 0.5) is 0 Å². The molecule has 5 rings (SSSR count). The standard InChI is InChI=1S/C27H33NO8/c1-6-33-26(29)24-23(16-11-21(30-3)25(32-5)22(12-16)31-4)17-13-19-20(35-15-34-19)14-18(17)36-27(24,2)28-9-7-8-10-28/h11-14,23-24H,6-10,15H2,1-5H3/t23-,24+,27+/m0/s1. The van der Waals surface area contributed by atoms with E-state index in [1.165, 1.54) is 0 Å². The number of benzene rings is 2. The summed E-state index contributed by atoms with van der Waals surface area (Å²) in [7, 11) is 4.72. The van der Waals surface area contributed by atoms with Gasteiger partial charge in [0.15, 0.2) is 28.7 Å². The summed E-state index contributed by atoms with van der Waals surface area (Å²) in [4.78, 5) is 16.0. The number of fused-ring (bicyclic) bond motifs is 2. The fourth-order valence-electron chi connectivity index (χ4n) is 5.71. The van der Waals surface area contributed by atoms with Gasteiger partial charge in [0.05, 0.1) is 27.9 Å². The number of rotatable bonds is 7. The van der Waals surface area contributed by atoms with Gasteiger partial charge in [-0.15, -0.1) is 0 Å². The maximum atomic E-state index is 13.8. The van der Waals surface area contributed by atoms with E-state index in [9.17, 15) is 4.79 Å². The molecule has 2 aromatic carbocycles. The maximum absolute atomic E-state index is 13.8. The molecule has 36 heavy (non-hydrogen) atoms. The van der Waals surface area contributed by atoms with Gasteiger partial charge in [0.2, 0.25) is 12.5 Å². The van der Waals surface area contributed by atoms with Crippen LogP contribution in [-0.4, -0.2) is 64.4 Å². The van der Waals surface area contributed by atoms with Gasteiger partial charge in [-0.05, 0) is 50.5 Å². The van der Waals surface area contributed by atoms with Crippen molar-refractivity contribution in [1.82, 2.24) is 4.90 Å². The van der Waals surface area contributed by atoms with Crippen molar-refractivity contribution in [3.8, 4) is 34.5 Å². The van der Waals surface area contributed by atoms with Crippen LogP contribution in [0.25, 0.3) is 0 Å². The normalized spacial score (nSPS) is 24.6. The molecule has 1 saturated heterocycles. The Morgan fingerprint density at radius 1 is 0.972 bits per heavy atom. The van der Waals surface area contributed by atoms with Gasteiger partial charge in [-0.3, -0.25) is 9.69 Å². The lowest BCUT2D eigenvalue weighted by Crippen LogP contribution is -2.61. The molecule has 9 nitrogen and oxygen atoms in total. The van der Waals surface area contributed by atoms with E-state index in [4.69, 9.17) is 33.2 Å². The van der Waals surface area contributed by atoms with Crippen LogP contribution in [0, 0.1) is 5.92 Å². The molecular formula is C27H33NO8. The summed E-state index contributed by atoms with van der Waals surface area (Å²) in [6.07, 6.45) is 2.08. The smallest absolute Gasteiger partial charge is 0.315 e. The minimum atomic E-state index is -0.950. The average Bonchev–Trinajstić information content (AvgIpc) is 3.58. The zero-order valence-electron chi connectivity index (χ0n) is 21.4. The number of methoxy groups -OCH3 is 3. The molecule has 3 aliphatic heterocycles. The number of nitrogens with zero attached hydrogens (tertiary/aromatic N) is 1. The lowest BCUT2D eigenvalue weighted by atomic mass is 9.72. The largest absolute Gasteiger partial charge is 0.493 e. The zero-order valence-corrected chi connectivity index (χ0v) is 21.4. The molecule has 0 aliphatic carbocycles. The third-order valence-electron chi connectivity index (χ3n) is 7.39. The first kappa shape index (κ1) is 24.4. The number of hydrogen-bond acceptors (Lipinski definition) is 9. The summed E-state index contributed by atoms with van der Waals surface area (Å²) in [5.41, 5.74) is 0.675. The van der Waals surface area contributed by atoms with E-state index in [0.717, 1.165) is 37.1 Å². The molecule has 3 heterocycles. The van der Waals surface area contributed by atoms with Crippen LogP contribution in [0.3, 0.4) is 0 Å². The Labute approximate surface area is 211 Å². The van der Waals surface area contributed by atoms with Crippen molar-refractivity contribution in [2.75, 3.05) is 47.8 Å². The van der Waals surface area contributed by atoms with Crippen molar-refractivity contribution in [3.63, 3.8) is 0 Å². The molecule has 0 bridgehead atoms. The third-order valence-corrected chi connectivity index (χ3v) is 7.39. The van der Waals surface area contributed by atoms with Gasteiger partial charge in [-0.25, -0.2) is 0 Å². The Kier molecular flexibility index (Phi) is 6.51. The fraction of sp³-hybridized carbons (Fsp3) is 0.519. The highest BCUT2D eigenvalue weighted by Crippen LogP contribution is 2.55. The molecule has 9 heteroatoms. The number of likely N-dealkylation sites (tertiary alicyclic amines) is 1. The number of esters is 1. The van der Waals surface area contributed by atoms with E-state index in [0.29, 0.717) is 34.5 Å². The van der Waals surface area contributed by atoms with E-state index in [1.54, 1.807) is 21.3 Å². The van der Waals surface area contributed by atoms with Gasteiger partial charge in [0, 0.05) is 30.6 Å². The van der Waals surface area contributed by atoms with Crippen LogP contribution in [0.2, 0.25) is 0 Å². The van der Waals surface area contributed by atoms with Crippen molar-refractivity contribution in [3.05, 3.63) is 35.4 Å². The van der Waals surface area contributed by atoms with Crippen LogP contribution in [0.5, 0.6) is 34.5 Å². The van der Waals surface area contributed by atoms with Gasteiger partial charge < -0.3 is 33.2 Å². The van der Waals surface area contributed by atoms with Crippen LogP contribution in [-0.2, 0) is 9.53 Å². The van der Waals surface area contributed by atoms with E-state index >= 15 is 0 Å². The van der Waals surface area contributed by atoms with Gasteiger partial charge in [0.1, 0.15) is 11.7 Å². The molecule has 0 N–H and O–H groups in total. The Hall–Kier alpha value is -3.33. The Bertz CT molecular complexity index is 1120. The second-order valence-corrected chi connectivity index (χ2v) is 9.26. The number of ether oxygens (including phenoxy) is 7. The molecule has 0 radical (unpaired) electrons. The van der Waals surface area contributed by atoms with Crippen LogP contribution in [0.1, 0.15) is 43.7 Å². The molecule has 0 aromatic heterocycles. The third kappa shape index (κ3) is 3.86. The molecule has 194 valence electrons. The summed E-state index contributed by atoms with van der Waals surface area (Å²) in [5.74, 6) is 1.93. The fourth-order valence-corrected chi connectivity index (χ4v) is 5.71. The SMILES string of the molecule is CCOC(=O)[C@H]1[C@@H](c2cc(OC)c(OC)c(OC)c2)c2cc3c(cc2O[C@@]1(C)N1CCCC1)OCO3. The molecule has 0 unspecified atom stereocenters.